The van der Waals surface area contributed by atoms with Crippen LogP contribution in [0.4, 0.5) is 0 Å². The van der Waals surface area contributed by atoms with Crippen LogP contribution < -0.4 is 0 Å². The average Bonchev–Trinajstić information content (AvgIpc) is 3.01. The van der Waals surface area contributed by atoms with Gasteiger partial charge in [0.15, 0.2) is 0 Å². The van der Waals surface area contributed by atoms with E-state index in [1.54, 1.807) is 0 Å². The Balaban J connectivity index is 1.51. The minimum atomic E-state index is -0.661. The molecule has 3 N–H and O–H groups in total. The SMILES string of the molecule is CC(C)CCC[C@@H](C)[C@H]1CC[C@H]2[C@@H]3C[C@H](O)[C@H]4C[C@H](O)[C@@H](O)C[C@]4(C)[C@H]3CC[C@]12C. The molecule has 0 radical (unpaired) electrons. The molecule has 4 aliphatic rings. The van der Waals surface area contributed by atoms with Crippen LogP contribution in [0.15, 0.2) is 0 Å². The van der Waals surface area contributed by atoms with Gasteiger partial charge in [-0.3, -0.25) is 0 Å². The Morgan fingerprint density at radius 2 is 1.47 bits per heavy atom. The Bertz CT molecular complexity index is 605. The number of fused-ring (bicyclic) bond motifs is 5. The summed E-state index contributed by atoms with van der Waals surface area (Å²) in [5.41, 5.74) is 0.400. The van der Waals surface area contributed by atoms with Crippen molar-refractivity contribution in [1.82, 2.24) is 0 Å². The van der Waals surface area contributed by atoms with Gasteiger partial charge in [-0.05, 0) is 97.2 Å². The van der Waals surface area contributed by atoms with E-state index in [2.05, 4.69) is 34.6 Å². The molecular formula is C27H48O3. The molecule has 174 valence electrons. The van der Waals surface area contributed by atoms with Crippen LogP contribution in [0.2, 0.25) is 0 Å². The fourth-order valence-electron chi connectivity index (χ4n) is 9.35. The summed E-state index contributed by atoms with van der Waals surface area (Å²) < 4.78 is 0. The van der Waals surface area contributed by atoms with Crippen LogP contribution in [0.3, 0.4) is 0 Å². The van der Waals surface area contributed by atoms with Crippen molar-refractivity contribution in [2.75, 3.05) is 0 Å². The molecule has 4 aliphatic carbocycles. The van der Waals surface area contributed by atoms with E-state index in [9.17, 15) is 15.3 Å². The third kappa shape index (κ3) is 3.69. The highest BCUT2D eigenvalue weighted by molar-refractivity contribution is 5.12. The van der Waals surface area contributed by atoms with Crippen molar-refractivity contribution in [1.29, 1.82) is 0 Å². The molecule has 0 heterocycles. The maximum Gasteiger partial charge on any atom is 0.0804 e. The van der Waals surface area contributed by atoms with E-state index in [-0.39, 0.29) is 17.4 Å². The predicted molar refractivity (Wildman–Crippen MR) is 122 cm³/mol. The minimum Gasteiger partial charge on any atom is -0.393 e. The molecule has 0 aromatic heterocycles. The topological polar surface area (TPSA) is 60.7 Å². The van der Waals surface area contributed by atoms with E-state index in [0.29, 0.717) is 30.1 Å². The summed E-state index contributed by atoms with van der Waals surface area (Å²) in [5.74, 6) is 4.51. The third-order valence-electron chi connectivity index (χ3n) is 10.9. The number of aliphatic hydroxyl groups excluding tert-OH is 3. The van der Waals surface area contributed by atoms with Gasteiger partial charge in [-0.15, -0.1) is 0 Å². The summed E-state index contributed by atoms with van der Waals surface area (Å²) in [6.07, 6.45) is 9.88. The Labute approximate surface area is 185 Å². The molecular weight excluding hydrogens is 372 g/mol. The molecule has 0 aromatic rings. The van der Waals surface area contributed by atoms with Crippen molar-refractivity contribution >= 4 is 0 Å². The summed E-state index contributed by atoms with van der Waals surface area (Å²) >= 11 is 0. The number of hydrogen-bond donors (Lipinski definition) is 3. The molecule has 4 fully saturated rings. The van der Waals surface area contributed by atoms with E-state index in [4.69, 9.17) is 0 Å². The Morgan fingerprint density at radius 1 is 0.767 bits per heavy atom. The van der Waals surface area contributed by atoms with E-state index < -0.39 is 12.2 Å². The summed E-state index contributed by atoms with van der Waals surface area (Å²) in [5, 5.41) is 31.9. The van der Waals surface area contributed by atoms with Crippen molar-refractivity contribution < 1.29 is 15.3 Å². The normalized spacial score (nSPS) is 51.9. The first kappa shape index (κ1) is 23.1. The van der Waals surface area contributed by atoms with Crippen LogP contribution in [-0.2, 0) is 0 Å². The zero-order chi connectivity index (χ0) is 21.8. The van der Waals surface area contributed by atoms with Crippen LogP contribution in [0.5, 0.6) is 0 Å². The molecule has 0 aliphatic heterocycles. The molecule has 0 bridgehead atoms. The van der Waals surface area contributed by atoms with Gasteiger partial charge in [0, 0.05) is 0 Å². The quantitative estimate of drug-likeness (QED) is 0.557. The number of aliphatic hydroxyl groups is 3. The van der Waals surface area contributed by atoms with E-state index in [1.165, 1.54) is 44.9 Å². The highest BCUT2D eigenvalue weighted by atomic mass is 16.3. The number of hydrogen-bond acceptors (Lipinski definition) is 3. The largest absolute Gasteiger partial charge is 0.393 e. The molecule has 11 atom stereocenters. The maximum absolute atomic E-state index is 11.2. The molecule has 0 amide bonds. The average molecular weight is 421 g/mol. The van der Waals surface area contributed by atoms with E-state index in [0.717, 1.165) is 30.1 Å². The van der Waals surface area contributed by atoms with Crippen LogP contribution in [0.1, 0.15) is 98.8 Å². The monoisotopic (exact) mass is 420 g/mol. The standard InChI is InChI=1S/C27H48O3/c1-16(2)7-6-8-17(3)19-9-10-20-18-13-23(28)22-14-24(29)25(30)15-27(22,5)21(18)11-12-26(19,20)4/h16-25,28-30H,6-15H2,1-5H3/t17-,18+,19-,20+,21+,22-,23+,24+,25+,26-,27-/m1/s1. The summed E-state index contributed by atoms with van der Waals surface area (Å²) in [6.45, 7) is 12.1. The third-order valence-corrected chi connectivity index (χ3v) is 10.9. The second-order valence-corrected chi connectivity index (χ2v) is 12.9. The van der Waals surface area contributed by atoms with E-state index in [1.807, 2.05) is 0 Å². The van der Waals surface area contributed by atoms with Gasteiger partial charge in [0.25, 0.3) is 0 Å². The fraction of sp³-hybridized carbons (Fsp3) is 1.00. The van der Waals surface area contributed by atoms with Gasteiger partial charge in [0.2, 0.25) is 0 Å². The minimum absolute atomic E-state index is 0.0245. The van der Waals surface area contributed by atoms with Crippen molar-refractivity contribution in [3.8, 4) is 0 Å². The second-order valence-electron chi connectivity index (χ2n) is 12.9. The summed E-state index contributed by atoms with van der Waals surface area (Å²) in [7, 11) is 0. The van der Waals surface area contributed by atoms with Crippen LogP contribution in [0.25, 0.3) is 0 Å². The molecule has 0 aromatic carbocycles. The molecule has 4 rings (SSSR count). The first-order chi connectivity index (χ1) is 14.1. The molecule has 0 unspecified atom stereocenters. The van der Waals surface area contributed by atoms with Crippen LogP contribution in [0, 0.1) is 52.3 Å². The molecule has 3 nitrogen and oxygen atoms in total. The Kier molecular flexibility index (Phi) is 6.41. The van der Waals surface area contributed by atoms with Crippen molar-refractivity contribution in [2.24, 2.45) is 52.3 Å². The van der Waals surface area contributed by atoms with Gasteiger partial charge in [-0.25, -0.2) is 0 Å². The first-order valence-electron chi connectivity index (χ1n) is 13.1. The summed E-state index contributed by atoms with van der Waals surface area (Å²) in [4.78, 5) is 0. The fourth-order valence-corrected chi connectivity index (χ4v) is 9.35. The van der Waals surface area contributed by atoms with Crippen molar-refractivity contribution in [3.05, 3.63) is 0 Å². The lowest BCUT2D eigenvalue weighted by molar-refractivity contribution is -0.195. The highest BCUT2D eigenvalue weighted by Crippen LogP contribution is 2.68. The predicted octanol–water partition coefficient (Wildman–Crippen LogP) is 5.41. The molecule has 0 spiro atoms. The van der Waals surface area contributed by atoms with Crippen LogP contribution in [-0.4, -0.2) is 33.6 Å². The first-order valence-corrected chi connectivity index (χ1v) is 13.1. The zero-order valence-electron chi connectivity index (χ0n) is 20.2. The molecule has 4 saturated carbocycles. The van der Waals surface area contributed by atoms with Crippen molar-refractivity contribution in [2.45, 2.75) is 117 Å². The van der Waals surface area contributed by atoms with Gasteiger partial charge in [-0.2, -0.15) is 0 Å². The van der Waals surface area contributed by atoms with Crippen molar-refractivity contribution in [3.63, 3.8) is 0 Å². The van der Waals surface area contributed by atoms with E-state index >= 15 is 0 Å². The number of rotatable bonds is 5. The molecule has 30 heavy (non-hydrogen) atoms. The van der Waals surface area contributed by atoms with Gasteiger partial charge in [0.1, 0.15) is 0 Å². The van der Waals surface area contributed by atoms with Gasteiger partial charge in [-0.1, -0.05) is 53.9 Å². The molecule has 3 heteroatoms. The summed E-state index contributed by atoms with van der Waals surface area (Å²) in [6, 6.07) is 0. The lowest BCUT2D eigenvalue weighted by Gasteiger charge is -2.62. The van der Waals surface area contributed by atoms with Crippen LogP contribution >= 0.6 is 0 Å². The Morgan fingerprint density at radius 3 is 2.17 bits per heavy atom. The Hall–Kier alpha value is -0.120. The smallest absolute Gasteiger partial charge is 0.0804 e. The molecule has 0 saturated heterocycles. The lowest BCUT2D eigenvalue weighted by Crippen LogP contribution is -2.60. The lowest BCUT2D eigenvalue weighted by atomic mass is 9.43. The second kappa shape index (κ2) is 8.34. The highest BCUT2D eigenvalue weighted by Gasteiger charge is 2.63. The van der Waals surface area contributed by atoms with Gasteiger partial charge in [0.05, 0.1) is 18.3 Å². The maximum atomic E-state index is 11.2. The van der Waals surface area contributed by atoms with Gasteiger partial charge < -0.3 is 15.3 Å². The van der Waals surface area contributed by atoms with Gasteiger partial charge >= 0.3 is 0 Å². The zero-order valence-corrected chi connectivity index (χ0v) is 20.2.